The van der Waals surface area contributed by atoms with E-state index in [2.05, 4.69) is 6.07 Å². The molecule has 0 heterocycles. The fourth-order valence-corrected chi connectivity index (χ4v) is 1.42. The lowest BCUT2D eigenvalue weighted by atomic mass is 9.95. The van der Waals surface area contributed by atoms with E-state index >= 15 is 0 Å². The lowest BCUT2D eigenvalue weighted by molar-refractivity contribution is 0.497. The molecule has 1 aromatic carbocycles. The smallest absolute Gasteiger partial charge is 0.123 e. The highest BCUT2D eigenvalue weighted by Crippen LogP contribution is 2.20. The normalized spacial score (nSPS) is 10.9. The number of nitrogens with zero attached hydrogens (tertiary/aromatic N) is 2. The van der Waals surface area contributed by atoms with Crippen molar-refractivity contribution in [1.82, 2.24) is 0 Å². The monoisotopic (exact) mass is 206 g/mol. The van der Waals surface area contributed by atoms with E-state index < -0.39 is 5.41 Å². The number of rotatable bonds is 3. The third kappa shape index (κ3) is 3.25. The Balaban J connectivity index is 2.74. The first-order valence-corrected chi connectivity index (χ1v) is 4.82. The summed E-state index contributed by atoms with van der Waals surface area (Å²) in [6, 6.07) is 8.50. The van der Waals surface area contributed by atoms with E-state index in [4.69, 9.17) is 5.26 Å². The van der Waals surface area contributed by atoms with E-state index in [9.17, 15) is 4.39 Å². The van der Waals surface area contributed by atoms with Crippen molar-refractivity contribution in [3.63, 3.8) is 0 Å². The Bertz CT molecular complexity index is 362. The first-order valence-electron chi connectivity index (χ1n) is 4.82. The molecule has 1 aromatic rings. The lowest BCUT2D eigenvalue weighted by Gasteiger charge is -2.26. The minimum atomic E-state index is -0.400. The molecule has 0 atom stereocenters. The zero-order valence-electron chi connectivity index (χ0n) is 9.29. The highest BCUT2D eigenvalue weighted by atomic mass is 19.1. The van der Waals surface area contributed by atoms with Crippen molar-refractivity contribution < 1.29 is 4.39 Å². The van der Waals surface area contributed by atoms with Crippen molar-refractivity contribution in [2.75, 3.05) is 18.5 Å². The minimum Gasteiger partial charge on any atom is -0.373 e. The molecule has 0 bridgehead atoms. The summed E-state index contributed by atoms with van der Waals surface area (Å²) in [6.45, 7) is 4.38. The Hall–Kier alpha value is -1.56. The SMILES string of the molecule is CN(CC(C)(C)C#N)c1ccc(F)cc1. The summed E-state index contributed by atoms with van der Waals surface area (Å²) >= 11 is 0. The minimum absolute atomic E-state index is 0.244. The van der Waals surface area contributed by atoms with E-state index in [-0.39, 0.29) is 5.82 Å². The number of benzene rings is 1. The van der Waals surface area contributed by atoms with Gasteiger partial charge in [0.1, 0.15) is 5.82 Å². The van der Waals surface area contributed by atoms with Gasteiger partial charge in [-0.1, -0.05) is 0 Å². The van der Waals surface area contributed by atoms with Gasteiger partial charge in [0.05, 0.1) is 11.5 Å². The standard InChI is InChI=1S/C12H15FN2/c1-12(2,8-14)9-15(3)11-6-4-10(13)5-7-11/h4-7H,9H2,1-3H3. The second kappa shape index (κ2) is 4.31. The molecule has 0 saturated heterocycles. The zero-order chi connectivity index (χ0) is 11.5. The molecule has 1 rings (SSSR count). The van der Waals surface area contributed by atoms with E-state index in [1.807, 2.05) is 25.8 Å². The second-order valence-corrected chi connectivity index (χ2v) is 4.33. The van der Waals surface area contributed by atoms with Gasteiger partial charge in [0.2, 0.25) is 0 Å². The summed E-state index contributed by atoms with van der Waals surface area (Å²) in [5.74, 6) is -0.244. The number of hydrogen-bond acceptors (Lipinski definition) is 2. The summed E-state index contributed by atoms with van der Waals surface area (Å²) in [5.41, 5.74) is 0.517. The summed E-state index contributed by atoms with van der Waals surface area (Å²) in [4.78, 5) is 1.95. The van der Waals surface area contributed by atoms with Crippen molar-refractivity contribution in [1.29, 1.82) is 5.26 Å². The Morgan fingerprint density at radius 1 is 1.33 bits per heavy atom. The van der Waals surface area contributed by atoms with Crippen molar-refractivity contribution >= 4 is 5.69 Å². The summed E-state index contributed by atoms with van der Waals surface area (Å²) in [5, 5.41) is 8.90. The third-order valence-corrected chi connectivity index (χ3v) is 2.20. The number of hydrogen-bond donors (Lipinski definition) is 0. The van der Waals surface area contributed by atoms with Gasteiger partial charge in [-0.2, -0.15) is 5.26 Å². The van der Waals surface area contributed by atoms with Gasteiger partial charge in [-0.15, -0.1) is 0 Å². The molecule has 0 spiro atoms. The molecule has 0 N–H and O–H groups in total. The van der Waals surface area contributed by atoms with E-state index in [1.165, 1.54) is 12.1 Å². The van der Waals surface area contributed by atoms with Crippen LogP contribution in [0, 0.1) is 22.6 Å². The maximum Gasteiger partial charge on any atom is 0.123 e. The van der Waals surface area contributed by atoms with Gasteiger partial charge in [0, 0.05) is 19.3 Å². The Labute approximate surface area is 89.9 Å². The van der Waals surface area contributed by atoms with Gasteiger partial charge < -0.3 is 4.90 Å². The Morgan fingerprint density at radius 2 is 1.87 bits per heavy atom. The molecule has 0 aromatic heterocycles. The fourth-order valence-electron chi connectivity index (χ4n) is 1.42. The molecule has 0 aliphatic carbocycles. The third-order valence-electron chi connectivity index (χ3n) is 2.20. The predicted octanol–water partition coefficient (Wildman–Crippen LogP) is 2.81. The highest BCUT2D eigenvalue weighted by molar-refractivity contribution is 5.45. The van der Waals surface area contributed by atoms with Crippen LogP contribution < -0.4 is 4.90 Å². The molecule has 15 heavy (non-hydrogen) atoms. The van der Waals surface area contributed by atoms with E-state index in [0.717, 1.165) is 5.69 Å². The number of nitriles is 1. The molecule has 2 nitrogen and oxygen atoms in total. The van der Waals surface area contributed by atoms with Crippen LogP contribution >= 0.6 is 0 Å². The first-order chi connectivity index (χ1) is 6.94. The maximum absolute atomic E-state index is 12.7. The summed E-state index contributed by atoms with van der Waals surface area (Å²) < 4.78 is 12.7. The van der Waals surface area contributed by atoms with Crippen molar-refractivity contribution in [2.45, 2.75) is 13.8 Å². The first kappa shape index (κ1) is 11.5. The molecule has 0 amide bonds. The predicted molar refractivity (Wildman–Crippen MR) is 59.1 cm³/mol. The van der Waals surface area contributed by atoms with Crippen LogP contribution in [0.2, 0.25) is 0 Å². The van der Waals surface area contributed by atoms with Gasteiger partial charge >= 0.3 is 0 Å². The van der Waals surface area contributed by atoms with Crippen LogP contribution in [0.3, 0.4) is 0 Å². The van der Waals surface area contributed by atoms with Gasteiger partial charge in [0.15, 0.2) is 0 Å². The number of anilines is 1. The van der Waals surface area contributed by atoms with Crippen molar-refractivity contribution in [3.8, 4) is 6.07 Å². The Kier molecular flexibility index (Phi) is 3.31. The molecule has 0 radical (unpaired) electrons. The van der Waals surface area contributed by atoms with Crippen LogP contribution in [0.4, 0.5) is 10.1 Å². The molecule has 0 unspecified atom stereocenters. The quantitative estimate of drug-likeness (QED) is 0.760. The van der Waals surface area contributed by atoms with Gasteiger partial charge in [-0.05, 0) is 38.1 Å². The lowest BCUT2D eigenvalue weighted by Crippen LogP contribution is -2.30. The highest BCUT2D eigenvalue weighted by Gasteiger charge is 2.19. The largest absolute Gasteiger partial charge is 0.373 e. The second-order valence-electron chi connectivity index (χ2n) is 4.33. The molecule has 80 valence electrons. The molecule has 0 aliphatic heterocycles. The van der Waals surface area contributed by atoms with Crippen LogP contribution in [0.25, 0.3) is 0 Å². The van der Waals surface area contributed by atoms with E-state index in [1.54, 1.807) is 12.1 Å². The average Bonchev–Trinajstić information content (AvgIpc) is 2.18. The van der Waals surface area contributed by atoms with Crippen LogP contribution in [-0.2, 0) is 0 Å². The molecular formula is C12H15FN2. The fraction of sp³-hybridized carbons (Fsp3) is 0.417. The van der Waals surface area contributed by atoms with Gasteiger partial charge in [-0.25, -0.2) is 4.39 Å². The molecule has 3 heteroatoms. The van der Waals surface area contributed by atoms with Gasteiger partial charge in [-0.3, -0.25) is 0 Å². The van der Waals surface area contributed by atoms with Crippen LogP contribution in [0.5, 0.6) is 0 Å². The zero-order valence-corrected chi connectivity index (χ0v) is 9.29. The average molecular weight is 206 g/mol. The molecule has 0 fully saturated rings. The van der Waals surface area contributed by atoms with Crippen LogP contribution in [-0.4, -0.2) is 13.6 Å². The summed E-state index contributed by atoms with van der Waals surface area (Å²) in [6.07, 6.45) is 0. The topological polar surface area (TPSA) is 27.0 Å². The molecule has 0 aliphatic rings. The molecular weight excluding hydrogens is 191 g/mol. The molecule has 0 saturated carbocycles. The van der Waals surface area contributed by atoms with Crippen LogP contribution in [0.15, 0.2) is 24.3 Å². The van der Waals surface area contributed by atoms with Crippen LogP contribution in [0.1, 0.15) is 13.8 Å². The van der Waals surface area contributed by atoms with Gasteiger partial charge in [0.25, 0.3) is 0 Å². The maximum atomic E-state index is 12.7. The van der Waals surface area contributed by atoms with Crippen molar-refractivity contribution in [3.05, 3.63) is 30.1 Å². The van der Waals surface area contributed by atoms with E-state index in [0.29, 0.717) is 6.54 Å². The number of halogens is 1. The van der Waals surface area contributed by atoms with Crippen molar-refractivity contribution in [2.24, 2.45) is 5.41 Å². The Morgan fingerprint density at radius 3 is 2.33 bits per heavy atom. The summed E-state index contributed by atoms with van der Waals surface area (Å²) in [7, 11) is 1.90.